The molecule has 0 aliphatic heterocycles. The van der Waals surface area contributed by atoms with Crippen LogP contribution >= 0.6 is 0 Å². The number of carboxylic acid groups (broad SMARTS) is 1. The Hall–Kier alpha value is -2.34. The summed E-state index contributed by atoms with van der Waals surface area (Å²) in [5.41, 5.74) is 2.17. The Kier molecular flexibility index (Phi) is 5.32. The Morgan fingerprint density at radius 3 is 2.58 bits per heavy atom. The van der Waals surface area contributed by atoms with E-state index in [9.17, 15) is 19.8 Å². The maximum absolute atomic E-state index is 12.4. The number of aliphatic carboxylic acids is 1. The summed E-state index contributed by atoms with van der Waals surface area (Å²) in [6.07, 6.45) is 4.01. The Labute approximate surface area is 151 Å². The number of nitrogens with one attached hydrogen (secondary N) is 1. The van der Waals surface area contributed by atoms with Gasteiger partial charge in [-0.25, -0.2) is 4.79 Å². The molecule has 1 aliphatic rings. The molecule has 0 spiro atoms. The molecule has 0 saturated heterocycles. The molecule has 0 radical (unpaired) electrons. The number of hydrogen-bond donors (Lipinski definition) is 3. The lowest BCUT2D eigenvalue weighted by Crippen LogP contribution is -2.37. The first-order valence-electron chi connectivity index (χ1n) is 9.14. The largest absolute Gasteiger partial charge is 0.507 e. The van der Waals surface area contributed by atoms with E-state index < -0.39 is 12.0 Å². The fraction of sp³-hybridized carbons (Fsp3) is 0.500. The second-order valence-corrected chi connectivity index (χ2v) is 7.39. The molecule has 3 N–H and O–H groups in total. The molecule has 0 fully saturated rings. The van der Waals surface area contributed by atoms with E-state index in [0.717, 1.165) is 42.2 Å². The standard InChI is InChI=1S/C20H25NO5/c1-11(2)9-16(19(23)24)21-10-15-17(22)8-7-13-12-5-3-4-6-14(12)20(25)26-18(13)15/h7-8,11,16,21-22H,3-6,9-10H2,1-2H3,(H,23,24)/t16-/m0/s1. The van der Waals surface area contributed by atoms with E-state index in [2.05, 4.69) is 5.32 Å². The Morgan fingerprint density at radius 1 is 1.23 bits per heavy atom. The number of aryl methyl sites for hydroxylation is 1. The van der Waals surface area contributed by atoms with Crippen LogP contribution in [-0.4, -0.2) is 22.2 Å². The molecule has 0 bridgehead atoms. The van der Waals surface area contributed by atoms with Gasteiger partial charge in [0.25, 0.3) is 0 Å². The number of aromatic hydroxyl groups is 1. The van der Waals surface area contributed by atoms with Crippen molar-refractivity contribution in [3.8, 4) is 5.75 Å². The van der Waals surface area contributed by atoms with Crippen molar-refractivity contribution in [1.29, 1.82) is 0 Å². The molecule has 0 unspecified atom stereocenters. The molecule has 1 atom stereocenters. The SMILES string of the molecule is CC(C)C[C@H](NCc1c(O)ccc2c3c(c(=O)oc12)CCCC3)C(=O)O. The molecule has 0 amide bonds. The summed E-state index contributed by atoms with van der Waals surface area (Å²) in [6.45, 7) is 4.03. The van der Waals surface area contributed by atoms with Crippen molar-refractivity contribution >= 4 is 16.9 Å². The van der Waals surface area contributed by atoms with Gasteiger partial charge >= 0.3 is 11.6 Å². The average Bonchev–Trinajstić information content (AvgIpc) is 2.59. The van der Waals surface area contributed by atoms with Crippen LogP contribution in [0.25, 0.3) is 11.0 Å². The van der Waals surface area contributed by atoms with E-state index in [1.54, 1.807) is 12.1 Å². The van der Waals surface area contributed by atoms with Crippen molar-refractivity contribution in [2.24, 2.45) is 5.92 Å². The van der Waals surface area contributed by atoms with Crippen molar-refractivity contribution in [3.05, 3.63) is 39.2 Å². The molecule has 6 nitrogen and oxygen atoms in total. The normalized spacial score (nSPS) is 15.2. The zero-order valence-electron chi connectivity index (χ0n) is 15.2. The molecule has 1 aliphatic carbocycles. The highest BCUT2D eigenvalue weighted by Gasteiger charge is 2.23. The van der Waals surface area contributed by atoms with Crippen molar-refractivity contribution < 1.29 is 19.4 Å². The molecule has 1 aromatic carbocycles. The monoisotopic (exact) mass is 359 g/mol. The van der Waals surface area contributed by atoms with E-state index in [1.165, 1.54) is 0 Å². The second kappa shape index (κ2) is 7.50. The molecule has 140 valence electrons. The summed E-state index contributed by atoms with van der Waals surface area (Å²) in [5.74, 6) is -0.718. The van der Waals surface area contributed by atoms with Crippen molar-refractivity contribution in [3.63, 3.8) is 0 Å². The predicted octanol–water partition coefficient (Wildman–Crippen LogP) is 2.97. The molecule has 26 heavy (non-hydrogen) atoms. The van der Waals surface area contributed by atoms with Gasteiger partial charge < -0.3 is 19.9 Å². The Bertz CT molecular complexity index is 884. The first kappa shape index (κ1) is 18.5. The number of benzene rings is 1. The van der Waals surface area contributed by atoms with Crippen LogP contribution in [0.5, 0.6) is 5.75 Å². The van der Waals surface area contributed by atoms with Crippen molar-refractivity contribution in [2.75, 3.05) is 0 Å². The first-order valence-corrected chi connectivity index (χ1v) is 9.14. The minimum Gasteiger partial charge on any atom is -0.507 e. The summed E-state index contributed by atoms with van der Waals surface area (Å²) in [7, 11) is 0. The number of phenolic OH excluding ortho intramolecular Hbond substituents is 1. The van der Waals surface area contributed by atoms with E-state index in [0.29, 0.717) is 17.6 Å². The molecule has 1 heterocycles. The van der Waals surface area contributed by atoms with Gasteiger partial charge in [-0.2, -0.15) is 0 Å². The van der Waals surface area contributed by atoms with Crippen LogP contribution in [0.1, 0.15) is 49.8 Å². The minimum absolute atomic E-state index is 0.00223. The molecule has 3 rings (SSSR count). The zero-order chi connectivity index (χ0) is 18.8. The molecule has 0 saturated carbocycles. The zero-order valence-corrected chi connectivity index (χ0v) is 15.2. The van der Waals surface area contributed by atoms with Crippen molar-refractivity contribution in [2.45, 2.75) is 58.5 Å². The predicted molar refractivity (Wildman–Crippen MR) is 98.5 cm³/mol. The van der Waals surface area contributed by atoms with Crippen LogP contribution in [0.2, 0.25) is 0 Å². The van der Waals surface area contributed by atoms with E-state index in [4.69, 9.17) is 4.42 Å². The number of carbonyl (C=O) groups is 1. The fourth-order valence-corrected chi connectivity index (χ4v) is 3.69. The third kappa shape index (κ3) is 3.60. The maximum Gasteiger partial charge on any atom is 0.339 e. The maximum atomic E-state index is 12.4. The van der Waals surface area contributed by atoms with Gasteiger partial charge in [-0.1, -0.05) is 13.8 Å². The van der Waals surface area contributed by atoms with Gasteiger partial charge in [0.1, 0.15) is 17.4 Å². The summed E-state index contributed by atoms with van der Waals surface area (Å²) in [4.78, 5) is 23.8. The average molecular weight is 359 g/mol. The number of hydrogen-bond acceptors (Lipinski definition) is 5. The number of carboxylic acids is 1. The van der Waals surface area contributed by atoms with Crippen LogP contribution in [0, 0.1) is 5.92 Å². The van der Waals surface area contributed by atoms with Gasteiger partial charge in [0.15, 0.2) is 0 Å². The van der Waals surface area contributed by atoms with Crippen molar-refractivity contribution in [1.82, 2.24) is 5.32 Å². The minimum atomic E-state index is -0.933. The number of phenols is 1. The van der Waals surface area contributed by atoms with Gasteiger partial charge in [0.2, 0.25) is 0 Å². The van der Waals surface area contributed by atoms with E-state index in [1.807, 2.05) is 13.8 Å². The van der Waals surface area contributed by atoms with Crippen LogP contribution in [-0.2, 0) is 24.2 Å². The van der Waals surface area contributed by atoms with E-state index >= 15 is 0 Å². The smallest absolute Gasteiger partial charge is 0.339 e. The van der Waals surface area contributed by atoms with E-state index in [-0.39, 0.29) is 23.8 Å². The third-order valence-electron chi connectivity index (χ3n) is 5.00. The van der Waals surface area contributed by atoms with Gasteiger partial charge in [-0.3, -0.25) is 4.79 Å². The summed E-state index contributed by atoms with van der Waals surface area (Å²) >= 11 is 0. The Balaban J connectivity index is 2.00. The lowest BCUT2D eigenvalue weighted by Gasteiger charge is -2.19. The second-order valence-electron chi connectivity index (χ2n) is 7.39. The molecular formula is C20H25NO5. The molecule has 1 aromatic heterocycles. The van der Waals surface area contributed by atoms with Crippen LogP contribution in [0.15, 0.2) is 21.3 Å². The van der Waals surface area contributed by atoms with Gasteiger partial charge in [-0.05, 0) is 55.7 Å². The molecule has 2 aromatic rings. The van der Waals surface area contributed by atoms with Gasteiger partial charge in [-0.15, -0.1) is 0 Å². The van der Waals surface area contributed by atoms with Crippen LogP contribution in [0.4, 0.5) is 0 Å². The van der Waals surface area contributed by atoms with Crippen LogP contribution in [0.3, 0.4) is 0 Å². The first-order chi connectivity index (χ1) is 12.4. The highest BCUT2D eigenvalue weighted by atomic mass is 16.4. The summed E-state index contributed by atoms with van der Waals surface area (Å²) in [6, 6.07) is 2.64. The molecule has 6 heteroatoms. The number of fused-ring (bicyclic) bond motifs is 3. The topological polar surface area (TPSA) is 99.8 Å². The Morgan fingerprint density at radius 2 is 1.92 bits per heavy atom. The highest BCUT2D eigenvalue weighted by molar-refractivity contribution is 5.86. The van der Waals surface area contributed by atoms with Gasteiger partial charge in [0, 0.05) is 17.5 Å². The molecular weight excluding hydrogens is 334 g/mol. The van der Waals surface area contributed by atoms with Crippen LogP contribution < -0.4 is 10.9 Å². The van der Waals surface area contributed by atoms with Gasteiger partial charge in [0.05, 0.1) is 5.56 Å². The lowest BCUT2D eigenvalue weighted by atomic mass is 9.90. The number of rotatable bonds is 6. The summed E-state index contributed by atoms with van der Waals surface area (Å²) < 4.78 is 5.54. The lowest BCUT2D eigenvalue weighted by molar-refractivity contribution is -0.140. The third-order valence-corrected chi connectivity index (χ3v) is 5.00. The highest BCUT2D eigenvalue weighted by Crippen LogP contribution is 2.32. The quantitative estimate of drug-likeness (QED) is 0.686. The summed E-state index contributed by atoms with van der Waals surface area (Å²) in [5, 5.41) is 23.5. The fourth-order valence-electron chi connectivity index (χ4n) is 3.69.